The van der Waals surface area contributed by atoms with Gasteiger partial charge < -0.3 is 5.11 Å². The largest absolute Gasteiger partial charge is 0.393 e. The first kappa shape index (κ1) is 19.4. The van der Waals surface area contributed by atoms with Crippen molar-refractivity contribution in [3.05, 3.63) is 35.9 Å². The average molecular weight is 355 g/mol. The van der Waals surface area contributed by atoms with Crippen LogP contribution in [0.25, 0.3) is 0 Å². The molecule has 1 aliphatic carbocycles. The van der Waals surface area contributed by atoms with Crippen LogP contribution in [0.3, 0.4) is 0 Å². The van der Waals surface area contributed by atoms with Gasteiger partial charge in [-0.25, -0.2) is 4.72 Å². The van der Waals surface area contributed by atoms with Crippen LogP contribution in [-0.4, -0.2) is 43.6 Å². The molecule has 0 bridgehead atoms. The molecule has 0 aliphatic heterocycles. The van der Waals surface area contributed by atoms with Crippen LogP contribution in [0.4, 0.5) is 0 Å². The van der Waals surface area contributed by atoms with Crippen molar-refractivity contribution < 1.29 is 13.5 Å². The molecular formula is C18H30N2O3S. The minimum absolute atomic E-state index is 0.0410. The molecule has 5 nitrogen and oxygen atoms in total. The van der Waals surface area contributed by atoms with E-state index in [9.17, 15) is 13.5 Å². The van der Waals surface area contributed by atoms with Gasteiger partial charge in [-0.15, -0.1) is 0 Å². The lowest BCUT2D eigenvalue weighted by Gasteiger charge is -2.31. The summed E-state index contributed by atoms with van der Waals surface area (Å²) in [5.74, 6) is -0.0410. The molecular weight excluding hydrogens is 324 g/mol. The van der Waals surface area contributed by atoms with Crippen LogP contribution in [0.5, 0.6) is 0 Å². The molecule has 136 valence electrons. The molecule has 0 amide bonds. The molecule has 1 fully saturated rings. The standard InChI is InChI=1S/C18H30N2O3S/c1-15(21)13-17(16-9-5-3-6-10-16)14-19-24(22,23)20(2)18-11-7-4-8-12-18/h3,5-6,9-10,15,17-19,21H,4,7-8,11-14H2,1-2H3/t15-,17+/m1/s1. The van der Waals surface area contributed by atoms with Gasteiger partial charge in [-0.1, -0.05) is 49.6 Å². The van der Waals surface area contributed by atoms with Gasteiger partial charge in [0.15, 0.2) is 0 Å². The molecule has 24 heavy (non-hydrogen) atoms. The van der Waals surface area contributed by atoms with Crippen LogP contribution >= 0.6 is 0 Å². The van der Waals surface area contributed by atoms with E-state index in [1.54, 1.807) is 14.0 Å². The Labute approximate surface area is 146 Å². The summed E-state index contributed by atoms with van der Waals surface area (Å²) in [4.78, 5) is 0. The Balaban J connectivity index is 2.01. The molecule has 0 radical (unpaired) electrons. The van der Waals surface area contributed by atoms with E-state index < -0.39 is 16.3 Å². The lowest BCUT2D eigenvalue weighted by Crippen LogP contribution is -2.46. The van der Waals surface area contributed by atoms with E-state index in [2.05, 4.69) is 4.72 Å². The number of nitrogens with one attached hydrogen (secondary N) is 1. The van der Waals surface area contributed by atoms with Gasteiger partial charge in [0.25, 0.3) is 10.2 Å². The molecule has 1 aliphatic rings. The van der Waals surface area contributed by atoms with Crippen molar-refractivity contribution in [2.24, 2.45) is 0 Å². The van der Waals surface area contributed by atoms with E-state index in [1.807, 2.05) is 30.3 Å². The third-order valence-corrected chi connectivity index (χ3v) is 6.46. The normalized spacial score (nSPS) is 19.3. The highest BCUT2D eigenvalue weighted by Crippen LogP contribution is 2.24. The molecule has 1 aromatic rings. The predicted octanol–water partition coefficient (Wildman–Crippen LogP) is 2.64. The number of rotatable bonds is 8. The average Bonchev–Trinajstić information content (AvgIpc) is 2.59. The van der Waals surface area contributed by atoms with Crippen molar-refractivity contribution in [2.45, 2.75) is 63.5 Å². The first-order chi connectivity index (χ1) is 11.4. The predicted molar refractivity (Wildman–Crippen MR) is 97.0 cm³/mol. The van der Waals surface area contributed by atoms with Gasteiger partial charge in [0.2, 0.25) is 0 Å². The van der Waals surface area contributed by atoms with E-state index in [0.29, 0.717) is 13.0 Å². The summed E-state index contributed by atoms with van der Waals surface area (Å²) in [6.07, 6.45) is 5.32. The topological polar surface area (TPSA) is 69.6 Å². The Hall–Kier alpha value is -0.950. The third-order valence-electron chi connectivity index (χ3n) is 4.88. The van der Waals surface area contributed by atoms with Crippen LogP contribution in [0, 0.1) is 0 Å². The third kappa shape index (κ3) is 5.55. The first-order valence-electron chi connectivity index (χ1n) is 8.86. The maximum absolute atomic E-state index is 12.6. The van der Waals surface area contributed by atoms with E-state index in [0.717, 1.165) is 31.2 Å². The lowest BCUT2D eigenvalue weighted by molar-refractivity contribution is 0.174. The van der Waals surface area contributed by atoms with Crippen molar-refractivity contribution in [3.63, 3.8) is 0 Å². The quantitative estimate of drug-likeness (QED) is 0.754. The second-order valence-corrected chi connectivity index (χ2v) is 8.67. The summed E-state index contributed by atoms with van der Waals surface area (Å²) in [6.45, 7) is 2.03. The summed E-state index contributed by atoms with van der Waals surface area (Å²) < 4.78 is 29.5. The molecule has 0 spiro atoms. The van der Waals surface area contributed by atoms with E-state index in [1.165, 1.54) is 10.7 Å². The number of benzene rings is 1. The van der Waals surface area contributed by atoms with Crippen molar-refractivity contribution in [2.75, 3.05) is 13.6 Å². The molecule has 1 saturated carbocycles. The number of hydrogen-bond acceptors (Lipinski definition) is 3. The molecule has 6 heteroatoms. The molecule has 2 atom stereocenters. The van der Waals surface area contributed by atoms with Crippen LogP contribution in [0.2, 0.25) is 0 Å². The minimum Gasteiger partial charge on any atom is -0.393 e. The molecule has 0 unspecified atom stereocenters. The van der Waals surface area contributed by atoms with E-state index >= 15 is 0 Å². The highest BCUT2D eigenvalue weighted by atomic mass is 32.2. The second kappa shape index (κ2) is 8.94. The van der Waals surface area contributed by atoms with Crippen molar-refractivity contribution in [1.82, 2.24) is 9.03 Å². The molecule has 2 rings (SSSR count). The van der Waals surface area contributed by atoms with Gasteiger partial charge in [0.1, 0.15) is 0 Å². The Morgan fingerprint density at radius 2 is 1.83 bits per heavy atom. The molecule has 0 saturated heterocycles. The van der Waals surface area contributed by atoms with Gasteiger partial charge in [-0.2, -0.15) is 12.7 Å². The zero-order valence-electron chi connectivity index (χ0n) is 14.7. The van der Waals surface area contributed by atoms with E-state index in [-0.39, 0.29) is 12.0 Å². The Morgan fingerprint density at radius 1 is 1.21 bits per heavy atom. The van der Waals surface area contributed by atoms with Gasteiger partial charge in [-0.05, 0) is 37.7 Å². The van der Waals surface area contributed by atoms with Crippen molar-refractivity contribution in [3.8, 4) is 0 Å². The fourth-order valence-corrected chi connectivity index (χ4v) is 4.64. The highest BCUT2D eigenvalue weighted by molar-refractivity contribution is 7.87. The summed E-state index contributed by atoms with van der Waals surface area (Å²) in [5, 5.41) is 9.74. The van der Waals surface area contributed by atoms with E-state index in [4.69, 9.17) is 0 Å². The van der Waals surface area contributed by atoms with Crippen molar-refractivity contribution in [1.29, 1.82) is 0 Å². The maximum atomic E-state index is 12.6. The highest BCUT2D eigenvalue weighted by Gasteiger charge is 2.28. The molecule has 0 heterocycles. The summed E-state index contributed by atoms with van der Waals surface area (Å²) in [7, 11) is -1.83. The zero-order valence-corrected chi connectivity index (χ0v) is 15.5. The van der Waals surface area contributed by atoms with Crippen LogP contribution in [0.1, 0.15) is 56.9 Å². The monoisotopic (exact) mass is 354 g/mol. The van der Waals surface area contributed by atoms with Gasteiger partial charge in [0.05, 0.1) is 6.10 Å². The number of hydrogen-bond donors (Lipinski definition) is 2. The Kier molecular flexibility index (Phi) is 7.22. The van der Waals surface area contributed by atoms with Gasteiger partial charge >= 0.3 is 0 Å². The molecule has 1 aromatic carbocycles. The Bertz CT molecular complexity index is 584. The second-order valence-electron chi connectivity index (χ2n) is 6.85. The summed E-state index contributed by atoms with van der Waals surface area (Å²) in [6, 6.07) is 9.87. The fourth-order valence-electron chi connectivity index (χ4n) is 3.42. The minimum atomic E-state index is -3.50. The SMILES string of the molecule is C[C@@H](O)C[C@@H](CNS(=O)(=O)N(C)C1CCCCC1)c1ccccc1. The maximum Gasteiger partial charge on any atom is 0.279 e. The number of aliphatic hydroxyl groups excluding tert-OH is 1. The van der Waals surface area contributed by atoms with Crippen LogP contribution in [0.15, 0.2) is 30.3 Å². The zero-order chi connectivity index (χ0) is 17.6. The number of aliphatic hydroxyl groups is 1. The first-order valence-corrected chi connectivity index (χ1v) is 10.3. The molecule has 2 N–H and O–H groups in total. The van der Waals surface area contributed by atoms with Crippen molar-refractivity contribution >= 4 is 10.2 Å². The summed E-state index contributed by atoms with van der Waals surface area (Å²) >= 11 is 0. The summed E-state index contributed by atoms with van der Waals surface area (Å²) in [5.41, 5.74) is 1.04. The van der Waals surface area contributed by atoms with Gasteiger partial charge in [0, 0.05) is 19.6 Å². The fraction of sp³-hybridized carbons (Fsp3) is 0.667. The Morgan fingerprint density at radius 3 is 2.42 bits per heavy atom. The molecule has 0 aromatic heterocycles. The van der Waals surface area contributed by atoms with Crippen LogP contribution < -0.4 is 4.72 Å². The lowest BCUT2D eigenvalue weighted by atomic mass is 9.94. The smallest absolute Gasteiger partial charge is 0.279 e. The van der Waals surface area contributed by atoms with Gasteiger partial charge in [-0.3, -0.25) is 0 Å². The number of nitrogens with zero attached hydrogens (tertiary/aromatic N) is 1. The van der Waals surface area contributed by atoms with Crippen LogP contribution in [-0.2, 0) is 10.2 Å².